The monoisotopic (exact) mass is 801 g/mol. The fourth-order valence-electron chi connectivity index (χ4n) is 6.29. The number of aromatic nitrogens is 3. The first kappa shape index (κ1) is 40.7. The van der Waals surface area contributed by atoms with Crippen LogP contribution in [-0.2, 0) is 28.8 Å². The number of alkyl halides is 3. The van der Waals surface area contributed by atoms with Crippen LogP contribution in [0, 0.1) is 0 Å². The summed E-state index contributed by atoms with van der Waals surface area (Å²) in [4.78, 5) is 29.2. The molecule has 0 spiro atoms. The van der Waals surface area contributed by atoms with Crippen LogP contribution in [0.2, 0.25) is 5.02 Å². The number of benzene rings is 3. The highest BCUT2D eigenvalue weighted by molar-refractivity contribution is 6.31. The smallest absolute Gasteiger partial charge is 0.394 e. The second kappa shape index (κ2) is 17.9. The van der Waals surface area contributed by atoms with Crippen LogP contribution in [0.1, 0.15) is 62.4 Å². The first-order chi connectivity index (χ1) is 26.8. The number of hydrogen-bond acceptors (Lipinski definition) is 12. The van der Waals surface area contributed by atoms with Crippen LogP contribution in [-0.4, -0.2) is 104 Å². The van der Waals surface area contributed by atoms with Crippen LogP contribution < -0.4 is 15.6 Å². The molecule has 0 bridgehead atoms. The molecule has 2 aliphatic rings. The van der Waals surface area contributed by atoms with Crippen molar-refractivity contribution in [1.29, 1.82) is 0 Å². The summed E-state index contributed by atoms with van der Waals surface area (Å²) in [5.41, 5.74) is 3.68. The lowest BCUT2D eigenvalue weighted by atomic mass is 9.99. The van der Waals surface area contributed by atoms with Crippen molar-refractivity contribution in [3.05, 3.63) is 105 Å². The van der Waals surface area contributed by atoms with Gasteiger partial charge in [0.2, 0.25) is 0 Å². The van der Waals surface area contributed by atoms with Crippen molar-refractivity contribution in [3.8, 4) is 0 Å². The SMILES string of the molecule is O=C(Nc1ccc(N2CCCCC2)cc1C(=O)N/N=C/c1ccc(Cl)c(C(F)(F)F)c1)c1cccc(Cn2cc(CO[C@@H]3OC(CO)[C@H](O)C(O)[C@@H]3O)nn2)c1. The highest BCUT2D eigenvalue weighted by Gasteiger charge is 2.44. The summed E-state index contributed by atoms with van der Waals surface area (Å²) in [5, 5.41) is 53.8. The van der Waals surface area contributed by atoms with Crippen molar-refractivity contribution < 1.29 is 52.7 Å². The molecule has 2 unspecified atom stereocenters. The molecule has 298 valence electrons. The Morgan fingerprint density at radius 3 is 2.54 bits per heavy atom. The van der Waals surface area contributed by atoms with E-state index in [0.717, 1.165) is 56.4 Å². The van der Waals surface area contributed by atoms with E-state index in [1.807, 2.05) is 0 Å². The Labute approximate surface area is 323 Å². The molecule has 2 aliphatic heterocycles. The van der Waals surface area contributed by atoms with Crippen LogP contribution in [0.4, 0.5) is 24.5 Å². The molecule has 1 aromatic heterocycles. The molecule has 56 heavy (non-hydrogen) atoms. The molecular weight excluding hydrogens is 763 g/mol. The maximum atomic E-state index is 13.6. The molecule has 2 amide bonds. The molecule has 0 radical (unpaired) electrons. The van der Waals surface area contributed by atoms with Gasteiger partial charge >= 0.3 is 6.18 Å². The van der Waals surface area contributed by atoms with E-state index in [-0.39, 0.29) is 35.5 Å². The zero-order chi connectivity index (χ0) is 40.0. The molecule has 0 saturated carbocycles. The number of halogens is 4. The maximum absolute atomic E-state index is 13.6. The van der Waals surface area contributed by atoms with Crippen LogP contribution in [0.25, 0.3) is 0 Å². The lowest BCUT2D eigenvalue weighted by molar-refractivity contribution is -0.304. The predicted molar refractivity (Wildman–Crippen MR) is 196 cm³/mol. The third-order valence-corrected chi connectivity index (χ3v) is 9.59. The van der Waals surface area contributed by atoms with Gasteiger partial charge in [0.25, 0.3) is 11.8 Å². The van der Waals surface area contributed by atoms with Gasteiger partial charge in [-0.1, -0.05) is 35.0 Å². The molecule has 5 atom stereocenters. The predicted octanol–water partition coefficient (Wildman–Crippen LogP) is 3.32. The number of nitrogens with zero attached hydrogens (tertiary/aromatic N) is 5. The molecule has 19 heteroatoms. The molecule has 4 aromatic rings. The lowest BCUT2D eigenvalue weighted by Crippen LogP contribution is -2.59. The van der Waals surface area contributed by atoms with Gasteiger partial charge in [0.1, 0.15) is 30.1 Å². The second-order valence-electron chi connectivity index (χ2n) is 13.3. The van der Waals surface area contributed by atoms with Gasteiger partial charge in [-0.25, -0.2) is 10.1 Å². The summed E-state index contributed by atoms with van der Waals surface area (Å²) in [6.45, 7) is 0.995. The molecule has 6 rings (SSSR count). The van der Waals surface area contributed by atoms with Gasteiger partial charge in [0.05, 0.1) is 54.0 Å². The first-order valence-electron chi connectivity index (χ1n) is 17.6. The van der Waals surface area contributed by atoms with Crippen molar-refractivity contribution in [2.45, 2.75) is 69.3 Å². The highest BCUT2D eigenvalue weighted by Crippen LogP contribution is 2.35. The average Bonchev–Trinajstić information content (AvgIpc) is 3.64. The summed E-state index contributed by atoms with van der Waals surface area (Å²) >= 11 is 5.71. The van der Waals surface area contributed by atoms with Crippen LogP contribution in [0.15, 0.2) is 72.0 Å². The zero-order valence-electron chi connectivity index (χ0n) is 29.6. The third-order valence-electron chi connectivity index (χ3n) is 9.26. The second-order valence-corrected chi connectivity index (χ2v) is 13.7. The molecule has 3 aromatic carbocycles. The van der Waals surface area contributed by atoms with E-state index in [0.29, 0.717) is 11.3 Å². The van der Waals surface area contributed by atoms with Gasteiger partial charge in [0.15, 0.2) is 6.29 Å². The molecule has 0 aliphatic carbocycles. The van der Waals surface area contributed by atoms with E-state index in [1.54, 1.807) is 48.7 Å². The quantitative estimate of drug-likeness (QED) is 0.0907. The van der Waals surface area contributed by atoms with Crippen LogP contribution in [0.3, 0.4) is 0 Å². The number of rotatable bonds is 12. The fraction of sp³-hybridized carbons (Fsp3) is 0.378. The minimum Gasteiger partial charge on any atom is -0.394 e. The number of amides is 2. The number of hydrazone groups is 1. The van der Waals surface area contributed by atoms with Crippen molar-refractivity contribution in [2.24, 2.45) is 5.10 Å². The topological polar surface area (TPSA) is 204 Å². The third kappa shape index (κ3) is 9.88. The molecule has 2 fully saturated rings. The van der Waals surface area contributed by atoms with Gasteiger partial charge in [-0.3, -0.25) is 9.59 Å². The van der Waals surface area contributed by atoms with Crippen molar-refractivity contribution in [3.63, 3.8) is 0 Å². The minimum absolute atomic E-state index is 0.0565. The van der Waals surface area contributed by atoms with Crippen molar-refractivity contribution in [2.75, 3.05) is 29.9 Å². The van der Waals surface area contributed by atoms with E-state index < -0.39 is 65.9 Å². The Kier molecular flexibility index (Phi) is 13.0. The number of aliphatic hydroxyl groups excluding tert-OH is 4. The van der Waals surface area contributed by atoms with Crippen LogP contribution >= 0.6 is 11.6 Å². The Morgan fingerprint density at radius 1 is 1.00 bits per heavy atom. The molecule has 3 heterocycles. The van der Waals surface area contributed by atoms with Gasteiger partial charge in [0, 0.05) is 24.3 Å². The van der Waals surface area contributed by atoms with Crippen LogP contribution in [0.5, 0.6) is 0 Å². The zero-order valence-corrected chi connectivity index (χ0v) is 30.4. The molecule has 2 saturated heterocycles. The Hall–Kier alpha value is -4.95. The molecular formula is C37H39ClF3N7O8. The molecule has 6 N–H and O–H groups in total. The van der Waals surface area contributed by atoms with E-state index >= 15 is 0 Å². The van der Waals surface area contributed by atoms with Gasteiger partial charge in [-0.05, 0) is 72.9 Å². The number of carbonyl (C=O) groups excluding carboxylic acids is 2. The minimum atomic E-state index is -4.68. The Balaban J connectivity index is 1.13. The van der Waals surface area contributed by atoms with Gasteiger partial charge < -0.3 is 40.1 Å². The van der Waals surface area contributed by atoms with Gasteiger partial charge in [-0.15, -0.1) is 5.10 Å². The van der Waals surface area contributed by atoms with E-state index in [9.17, 15) is 43.2 Å². The number of anilines is 2. The number of carbonyl (C=O) groups is 2. The summed E-state index contributed by atoms with van der Waals surface area (Å²) in [6.07, 6.45) is -6.14. The van der Waals surface area contributed by atoms with Crippen molar-refractivity contribution >= 4 is 41.0 Å². The molecule has 15 nitrogen and oxygen atoms in total. The largest absolute Gasteiger partial charge is 0.417 e. The summed E-state index contributed by atoms with van der Waals surface area (Å²) in [6, 6.07) is 15.0. The Morgan fingerprint density at radius 2 is 1.79 bits per heavy atom. The van der Waals surface area contributed by atoms with E-state index in [2.05, 4.69) is 31.1 Å². The summed E-state index contributed by atoms with van der Waals surface area (Å²) in [7, 11) is 0. The van der Waals surface area contributed by atoms with Gasteiger partial charge in [-0.2, -0.15) is 18.3 Å². The summed E-state index contributed by atoms with van der Waals surface area (Å²) in [5.74, 6) is -1.23. The number of aliphatic hydroxyl groups is 4. The number of piperidine rings is 1. The number of nitrogens with one attached hydrogen (secondary N) is 2. The maximum Gasteiger partial charge on any atom is 0.417 e. The number of ether oxygens (including phenoxy) is 2. The standard InChI is InChI=1S/C37H39ClF3N7O8/c38-28-9-7-21(14-27(28)37(39,40)41)16-42-45-35(54)26-15-25(47-11-2-1-3-12-47)8-10-29(26)43-34(53)23-6-4-5-22(13-23)17-48-18-24(44-46-48)20-55-36-33(52)32(51)31(50)30(19-49)56-36/h4-10,13-16,18,30-33,36,49-52H,1-3,11-12,17,19-20H2,(H,43,53)(H,45,54)/b42-16+/t30?,31-,32?,33-,36+/m0/s1. The highest BCUT2D eigenvalue weighted by atomic mass is 35.5. The fourth-order valence-corrected chi connectivity index (χ4v) is 6.52. The van der Waals surface area contributed by atoms with E-state index in [4.69, 9.17) is 21.1 Å². The van der Waals surface area contributed by atoms with Crippen molar-refractivity contribution in [1.82, 2.24) is 20.4 Å². The number of hydrogen-bond donors (Lipinski definition) is 6. The first-order valence-corrected chi connectivity index (χ1v) is 18.0. The van der Waals surface area contributed by atoms with E-state index in [1.165, 1.54) is 10.7 Å². The summed E-state index contributed by atoms with van der Waals surface area (Å²) < 4.78 is 52.4. The average molecular weight is 802 g/mol. The normalized spacial score (nSPS) is 21.6. The Bertz CT molecular complexity index is 2040. The lowest BCUT2D eigenvalue weighted by Gasteiger charge is -2.39.